The zero-order valence-electron chi connectivity index (χ0n) is 15.0. The van der Waals surface area contributed by atoms with Gasteiger partial charge in [-0.1, -0.05) is 41.9 Å². The molecule has 0 aliphatic rings. The third-order valence-corrected chi connectivity index (χ3v) is 4.53. The Labute approximate surface area is 164 Å². The Hall–Kier alpha value is -2.79. The number of carbonyl (C=O) groups is 1. The molecule has 1 amide bonds. The molecule has 0 aliphatic carbocycles. The van der Waals surface area contributed by atoms with Crippen molar-refractivity contribution < 1.29 is 9.53 Å². The average Bonchev–Trinajstić information content (AvgIpc) is 3.21. The van der Waals surface area contributed by atoms with E-state index in [1.54, 1.807) is 24.7 Å². The topological polar surface area (TPSA) is 56.2 Å². The molecule has 0 saturated heterocycles. The molecule has 6 heteroatoms. The fraction of sp³-hybridized carbons (Fsp3) is 0.238. The normalized spacial score (nSPS) is 10.6. The lowest BCUT2D eigenvalue weighted by molar-refractivity contribution is 0.0948. The summed E-state index contributed by atoms with van der Waals surface area (Å²) in [6, 6.07) is 14.8. The van der Waals surface area contributed by atoms with E-state index in [2.05, 4.69) is 10.3 Å². The van der Waals surface area contributed by atoms with E-state index in [0.29, 0.717) is 29.5 Å². The number of ether oxygens (including phenoxy) is 1. The van der Waals surface area contributed by atoms with Crippen molar-refractivity contribution in [1.82, 2.24) is 14.9 Å². The monoisotopic (exact) mass is 383 g/mol. The van der Waals surface area contributed by atoms with Crippen LogP contribution in [-0.2, 0) is 13.2 Å². The molecule has 2 aromatic carbocycles. The molecule has 27 heavy (non-hydrogen) atoms. The highest BCUT2D eigenvalue weighted by atomic mass is 35.5. The molecule has 0 aliphatic heterocycles. The molecule has 1 N–H and O–H groups in total. The number of hydrogen-bond acceptors (Lipinski definition) is 3. The number of unbranched alkanes of at least 4 members (excludes halogenated alkanes) is 1. The third kappa shape index (κ3) is 5.59. The van der Waals surface area contributed by atoms with Gasteiger partial charge >= 0.3 is 0 Å². The van der Waals surface area contributed by atoms with Gasteiger partial charge in [0.2, 0.25) is 0 Å². The van der Waals surface area contributed by atoms with Crippen LogP contribution >= 0.6 is 11.6 Å². The van der Waals surface area contributed by atoms with E-state index in [1.165, 1.54) is 0 Å². The molecule has 5 nitrogen and oxygen atoms in total. The second kappa shape index (κ2) is 9.78. The molecule has 0 fully saturated rings. The Morgan fingerprint density at radius 2 is 1.93 bits per heavy atom. The zero-order valence-corrected chi connectivity index (χ0v) is 15.7. The molecule has 1 aromatic heterocycles. The molecule has 0 unspecified atom stereocenters. The van der Waals surface area contributed by atoms with Crippen molar-refractivity contribution in [2.75, 3.05) is 6.54 Å². The highest BCUT2D eigenvalue weighted by Crippen LogP contribution is 2.22. The van der Waals surface area contributed by atoms with Crippen molar-refractivity contribution in [1.29, 1.82) is 0 Å². The number of para-hydroxylation sites is 1. The fourth-order valence-electron chi connectivity index (χ4n) is 2.69. The number of nitrogens with zero attached hydrogens (tertiary/aromatic N) is 2. The van der Waals surface area contributed by atoms with E-state index in [-0.39, 0.29) is 5.91 Å². The maximum Gasteiger partial charge on any atom is 0.255 e. The lowest BCUT2D eigenvalue weighted by Crippen LogP contribution is -2.25. The van der Waals surface area contributed by atoms with Crippen LogP contribution in [0, 0.1) is 0 Å². The number of imidazole rings is 1. The molecule has 0 bridgehead atoms. The van der Waals surface area contributed by atoms with Crippen LogP contribution in [0.4, 0.5) is 0 Å². The number of benzene rings is 2. The lowest BCUT2D eigenvalue weighted by atomic mass is 10.1. The first-order valence-electron chi connectivity index (χ1n) is 8.93. The van der Waals surface area contributed by atoms with Gasteiger partial charge in [-0.15, -0.1) is 0 Å². The Morgan fingerprint density at radius 1 is 1.11 bits per heavy atom. The smallest absolute Gasteiger partial charge is 0.255 e. The van der Waals surface area contributed by atoms with E-state index >= 15 is 0 Å². The summed E-state index contributed by atoms with van der Waals surface area (Å²) in [4.78, 5) is 16.5. The van der Waals surface area contributed by atoms with Crippen LogP contribution in [0.25, 0.3) is 0 Å². The van der Waals surface area contributed by atoms with Crippen molar-refractivity contribution >= 4 is 17.5 Å². The first-order valence-corrected chi connectivity index (χ1v) is 9.31. The van der Waals surface area contributed by atoms with Gasteiger partial charge in [0.25, 0.3) is 5.91 Å². The molecule has 0 atom stereocenters. The number of aryl methyl sites for hydroxylation is 1. The highest BCUT2D eigenvalue weighted by Gasteiger charge is 2.12. The summed E-state index contributed by atoms with van der Waals surface area (Å²) >= 11 is 6.16. The predicted octanol–water partition coefficient (Wildman–Crippen LogP) is 4.33. The predicted molar refractivity (Wildman–Crippen MR) is 106 cm³/mol. The van der Waals surface area contributed by atoms with Gasteiger partial charge in [0.1, 0.15) is 12.4 Å². The number of nitrogens with one attached hydrogen (secondary N) is 1. The number of rotatable bonds is 9. The Balaban J connectivity index is 1.50. The first-order chi connectivity index (χ1) is 13.2. The lowest BCUT2D eigenvalue weighted by Gasteiger charge is -2.12. The fourth-order valence-corrected chi connectivity index (χ4v) is 2.88. The van der Waals surface area contributed by atoms with Gasteiger partial charge in [0.05, 0.1) is 11.9 Å². The van der Waals surface area contributed by atoms with Gasteiger partial charge in [-0.2, -0.15) is 0 Å². The molecule has 140 valence electrons. The third-order valence-electron chi connectivity index (χ3n) is 4.16. The Bertz CT molecular complexity index is 865. The standard InChI is InChI=1S/C21H22ClN3O2/c22-19-9-3-1-7-17(19)15-27-20-10-4-2-8-18(20)21(26)24-11-5-6-13-25-14-12-23-16-25/h1-4,7-10,12,14,16H,5-6,11,13,15H2,(H,24,26). The van der Waals surface area contributed by atoms with Gasteiger partial charge < -0.3 is 14.6 Å². The molecule has 0 spiro atoms. The quantitative estimate of drug-likeness (QED) is 0.559. The van der Waals surface area contributed by atoms with E-state index in [4.69, 9.17) is 16.3 Å². The van der Waals surface area contributed by atoms with Gasteiger partial charge in [-0.3, -0.25) is 4.79 Å². The van der Waals surface area contributed by atoms with Crippen LogP contribution in [0.15, 0.2) is 67.3 Å². The van der Waals surface area contributed by atoms with Crippen molar-refractivity contribution in [3.63, 3.8) is 0 Å². The summed E-state index contributed by atoms with van der Waals surface area (Å²) < 4.78 is 7.87. The van der Waals surface area contributed by atoms with Crippen molar-refractivity contribution in [3.05, 3.63) is 83.4 Å². The summed E-state index contributed by atoms with van der Waals surface area (Å²) in [6.45, 7) is 1.83. The minimum Gasteiger partial charge on any atom is -0.488 e. The first kappa shape index (κ1) is 19.0. The second-order valence-corrected chi connectivity index (χ2v) is 6.55. The molecule has 3 rings (SSSR count). The Kier molecular flexibility index (Phi) is 6.88. The minimum absolute atomic E-state index is 0.132. The number of amides is 1. The molecular formula is C21H22ClN3O2. The zero-order chi connectivity index (χ0) is 18.9. The van der Waals surface area contributed by atoms with Crippen LogP contribution in [0.3, 0.4) is 0 Å². The molecule has 0 saturated carbocycles. The van der Waals surface area contributed by atoms with Gasteiger partial charge in [-0.25, -0.2) is 4.98 Å². The number of aromatic nitrogens is 2. The van der Waals surface area contributed by atoms with Crippen molar-refractivity contribution in [3.8, 4) is 5.75 Å². The van der Waals surface area contributed by atoms with E-state index in [1.807, 2.05) is 47.2 Å². The van der Waals surface area contributed by atoms with Crippen LogP contribution < -0.4 is 10.1 Å². The summed E-state index contributed by atoms with van der Waals surface area (Å²) in [5.41, 5.74) is 1.41. The maximum absolute atomic E-state index is 12.5. The van der Waals surface area contributed by atoms with Crippen molar-refractivity contribution in [2.45, 2.75) is 26.0 Å². The van der Waals surface area contributed by atoms with Crippen LogP contribution in [0.5, 0.6) is 5.75 Å². The van der Waals surface area contributed by atoms with E-state index in [0.717, 1.165) is 24.9 Å². The van der Waals surface area contributed by atoms with Crippen LogP contribution in [-0.4, -0.2) is 22.0 Å². The second-order valence-electron chi connectivity index (χ2n) is 6.14. The Morgan fingerprint density at radius 3 is 2.74 bits per heavy atom. The van der Waals surface area contributed by atoms with Crippen molar-refractivity contribution in [2.24, 2.45) is 0 Å². The minimum atomic E-state index is -0.132. The van der Waals surface area contributed by atoms with E-state index in [9.17, 15) is 4.79 Å². The van der Waals surface area contributed by atoms with Gasteiger partial charge in [0.15, 0.2) is 0 Å². The van der Waals surface area contributed by atoms with Crippen LogP contribution in [0.1, 0.15) is 28.8 Å². The average molecular weight is 384 g/mol. The summed E-state index contributed by atoms with van der Waals surface area (Å²) in [5, 5.41) is 3.61. The maximum atomic E-state index is 12.5. The highest BCUT2D eigenvalue weighted by molar-refractivity contribution is 6.31. The molecule has 1 heterocycles. The summed E-state index contributed by atoms with van der Waals surface area (Å²) in [7, 11) is 0. The van der Waals surface area contributed by atoms with Crippen LogP contribution in [0.2, 0.25) is 5.02 Å². The van der Waals surface area contributed by atoms with E-state index < -0.39 is 0 Å². The van der Waals surface area contributed by atoms with Gasteiger partial charge in [0, 0.05) is 36.1 Å². The SMILES string of the molecule is O=C(NCCCCn1ccnc1)c1ccccc1OCc1ccccc1Cl. The van der Waals surface area contributed by atoms with Gasteiger partial charge in [-0.05, 0) is 31.0 Å². The molecular weight excluding hydrogens is 362 g/mol. The number of hydrogen-bond donors (Lipinski definition) is 1. The number of halogens is 1. The molecule has 3 aromatic rings. The molecule has 0 radical (unpaired) electrons. The largest absolute Gasteiger partial charge is 0.488 e. The number of carbonyl (C=O) groups excluding carboxylic acids is 1. The summed E-state index contributed by atoms with van der Waals surface area (Å²) in [6.07, 6.45) is 7.37. The summed E-state index contributed by atoms with van der Waals surface area (Å²) in [5.74, 6) is 0.417.